The van der Waals surface area contributed by atoms with E-state index in [0.717, 1.165) is 44.3 Å². The number of unbranched alkanes of at least 4 members (excludes halogenated alkanes) is 1. The van der Waals surface area contributed by atoms with Crippen LogP contribution in [0.15, 0.2) is 48.9 Å². The van der Waals surface area contributed by atoms with Crippen LogP contribution in [0.3, 0.4) is 0 Å². The molecule has 0 radical (unpaired) electrons. The van der Waals surface area contributed by atoms with Gasteiger partial charge < -0.3 is 19.1 Å². The summed E-state index contributed by atoms with van der Waals surface area (Å²) >= 11 is 0. The maximum absolute atomic E-state index is 13.1. The van der Waals surface area contributed by atoms with Gasteiger partial charge in [0, 0.05) is 31.4 Å². The monoisotopic (exact) mass is 434 g/mol. The van der Waals surface area contributed by atoms with Crippen LogP contribution in [-0.4, -0.2) is 67.4 Å². The van der Waals surface area contributed by atoms with Crippen molar-refractivity contribution in [2.24, 2.45) is 0 Å². The molecule has 7 nitrogen and oxygen atoms in total. The summed E-state index contributed by atoms with van der Waals surface area (Å²) in [6.45, 7) is 17.6. The summed E-state index contributed by atoms with van der Waals surface area (Å²) < 4.78 is 16.6. The lowest BCUT2D eigenvalue weighted by Crippen LogP contribution is -2.52. The van der Waals surface area contributed by atoms with E-state index in [-0.39, 0.29) is 5.91 Å². The molecule has 0 atom stereocenters. The molecule has 0 aromatic carbocycles. The molecule has 0 spiro atoms. The Morgan fingerprint density at radius 2 is 1.81 bits per heavy atom. The van der Waals surface area contributed by atoms with Gasteiger partial charge in [-0.3, -0.25) is 14.5 Å². The molecule has 0 bridgehead atoms. The van der Waals surface area contributed by atoms with Crippen molar-refractivity contribution in [2.45, 2.75) is 52.2 Å². The van der Waals surface area contributed by atoms with Crippen molar-refractivity contribution in [1.29, 1.82) is 0 Å². The van der Waals surface area contributed by atoms with Gasteiger partial charge in [0.15, 0.2) is 0 Å². The van der Waals surface area contributed by atoms with Crippen molar-refractivity contribution < 1.29 is 23.8 Å². The highest BCUT2D eigenvalue weighted by Crippen LogP contribution is 2.28. The first-order valence-corrected chi connectivity index (χ1v) is 10.9. The Balaban J connectivity index is 0.000000500. The van der Waals surface area contributed by atoms with Crippen LogP contribution in [0.4, 0.5) is 0 Å². The second-order valence-corrected chi connectivity index (χ2v) is 7.59. The fourth-order valence-electron chi connectivity index (χ4n) is 2.85. The number of allylic oxidation sites excluding steroid dienone is 3. The molecule has 7 heteroatoms. The molecular formula is C24H38N2O5. The first kappa shape index (κ1) is 26.8. The zero-order chi connectivity index (χ0) is 23.1. The molecule has 174 valence electrons. The third kappa shape index (κ3) is 9.21. The lowest BCUT2D eigenvalue weighted by Gasteiger charge is -2.38. The summed E-state index contributed by atoms with van der Waals surface area (Å²) in [4.78, 5) is 26.3. The number of hydrogen-bond acceptors (Lipinski definition) is 5. The third-order valence-electron chi connectivity index (χ3n) is 4.73. The van der Waals surface area contributed by atoms with E-state index in [9.17, 15) is 9.59 Å². The lowest BCUT2D eigenvalue weighted by molar-refractivity contribution is -0.257. The Kier molecular flexibility index (Phi) is 12.7. The Morgan fingerprint density at radius 3 is 2.29 bits per heavy atom. The first-order chi connectivity index (χ1) is 14.9. The summed E-state index contributed by atoms with van der Waals surface area (Å²) in [5.74, 6) is -1.54. The molecule has 2 aliphatic heterocycles. The van der Waals surface area contributed by atoms with Crippen LogP contribution in [0, 0.1) is 0 Å². The second kappa shape index (κ2) is 14.7. The summed E-state index contributed by atoms with van der Waals surface area (Å²) in [5, 5.41) is 0. The van der Waals surface area contributed by atoms with Gasteiger partial charge in [0.1, 0.15) is 0 Å². The Bertz CT molecular complexity index is 640. The van der Waals surface area contributed by atoms with Crippen LogP contribution in [0.5, 0.6) is 0 Å². The number of hydrogen-bond donors (Lipinski definition) is 0. The molecule has 2 fully saturated rings. The average Bonchev–Trinajstić information content (AvgIpc) is 2.81. The van der Waals surface area contributed by atoms with E-state index in [2.05, 4.69) is 20.1 Å². The van der Waals surface area contributed by atoms with Gasteiger partial charge >= 0.3 is 0 Å². The number of carbonyl (C=O) groups excluding carboxylic acids is 2. The van der Waals surface area contributed by atoms with E-state index in [4.69, 9.17) is 14.2 Å². The summed E-state index contributed by atoms with van der Waals surface area (Å²) in [6.07, 6.45) is 11.1. The largest absolute Gasteiger partial charge is 0.378 e. The Hall–Kier alpha value is -2.22. The van der Waals surface area contributed by atoms with E-state index >= 15 is 0 Å². The summed E-state index contributed by atoms with van der Waals surface area (Å²) in [5.41, 5.74) is 1.63. The average molecular weight is 435 g/mol. The van der Waals surface area contributed by atoms with Crippen LogP contribution >= 0.6 is 0 Å². The highest BCUT2D eigenvalue weighted by atomic mass is 16.7. The molecule has 0 unspecified atom stereocenters. The molecule has 2 aliphatic rings. The van der Waals surface area contributed by atoms with Crippen molar-refractivity contribution in [1.82, 2.24) is 9.80 Å². The normalized spacial score (nSPS) is 17.8. The molecule has 31 heavy (non-hydrogen) atoms. The zero-order valence-corrected chi connectivity index (χ0v) is 19.3. The highest BCUT2D eigenvalue weighted by molar-refractivity contribution is 5.87. The summed E-state index contributed by atoms with van der Waals surface area (Å²) in [7, 11) is 0. The van der Waals surface area contributed by atoms with Gasteiger partial charge in [-0.2, -0.15) is 0 Å². The van der Waals surface area contributed by atoms with Crippen molar-refractivity contribution in [2.75, 3.05) is 39.5 Å². The second-order valence-electron chi connectivity index (χ2n) is 7.59. The SMILES string of the molecule is C=CC(=C)N(/C=C\CCC)C(=O)C1(CC=C(C)C)OCCCO1.O=CN1CCOCC1. The molecule has 2 heterocycles. The van der Waals surface area contributed by atoms with Gasteiger partial charge in [-0.1, -0.05) is 44.2 Å². The van der Waals surface area contributed by atoms with Crippen LogP contribution in [0.25, 0.3) is 0 Å². The molecule has 2 rings (SSSR count). The van der Waals surface area contributed by atoms with E-state index in [1.807, 2.05) is 26.0 Å². The maximum atomic E-state index is 13.1. The highest BCUT2D eigenvalue weighted by Gasteiger charge is 2.44. The van der Waals surface area contributed by atoms with Crippen molar-refractivity contribution in [3.63, 3.8) is 0 Å². The molecular weight excluding hydrogens is 396 g/mol. The fourth-order valence-corrected chi connectivity index (χ4v) is 2.85. The minimum absolute atomic E-state index is 0.257. The van der Waals surface area contributed by atoms with Crippen molar-refractivity contribution >= 4 is 12.3 Å². The standard InChI is InChI=1S/C19H29NO3.C5H9NO2/c1-6-8-9-13-20(17(5)7-2)18(21)19(12-11-16(3)4)22-14-10-15-23-19;7-5-6-1-3-8-4-2-6/h7,9,11,13H,2,5-6,8,10,12,14-15H2,1,3-4H3;5H,1-4H2/b13-9-;. The molecule has 0 N–H and O–H groups in total. The third-order valence-corrected chi connectivity index (χ3v) is 4.73. The number of ether oxygens (including phenoxy) is 3. The smallest absolute Gasteiger partial charge is 0.291 e. The number of rotatable bonds is 9. The quantitative estimate of drug-likeness (QED) is 0.314. The molecule has 0 aromatic heterocycles. The molecule has 2 amide bonds. The molecule has 0 aromatic rings. The molecule has 0 saturated carbocycles. The maximum Gasteiger partial charge on any atom is 0.291 e. The van der Waals surface area contributed by atoms with Crippen LogP contribution < -0.4 is 0 Å². The van der Waals surface area contributed by atoms with Gasteiger partial charge in [0.25, 0.3) is 11.7 Å². The minimum Gasteiger partial charge on any atom is -0.378 e. The Morgan fingerprint density at radius 1 is 1.16 bits per heavy atom. The first-order valence-electron chi connectivity index (χ1n) is 10.9. The topological polar surface area (TPSA) is 68.3 Å². The number of nitrogens with zero attached hydrogens (tertiary/aromatic N) is 2. The van der Waals surface area contributed by atoms with Gasteiger partial charge in [-0.15, -0.1) is 0 Å². The molecule has 0 aliphatic carbocycles. The predicted octanol–water partition coefficient (Wildman–Crippen LogP) is 3.79. The lowest BCUT2D eigenvalue weighted by atomic mass is 10.1. The van der Waals surface area contributed by atoms with Crippen molar-refractivity contribution in [3.8, 4) is 0 Å². The van der Waals surface area contributed by atoms with E-state index in [1.54, 1.807) is 17.2 Å². The Labute approximate surface area is 187 Å². The molecule has 2 saturated heterocycles. The van der Waals surface area contributed by atoms with E-state index < -0.39 is 5.79 Å². The van der Waals surface area contributed by atoms with Gasteiger partial charge in [0.05, 0.1) is 26.4 Å². The van der Waals surface area contributed by atoms with E-state index in [1.165, 1.54) is 4.90 Å². The van der Waals surface area contributed by atoms with Gasteiger partial charge in [-0.05, 0) is 32.8 Å². The number of morpholine rings is 1. The minimum atomic E-state index is -1.28. The number of amides is 2. The van der Waals surface area contributed by atoms with Crippen LogP contribution in [0.2, 0.25) is 0 Å². The number of carbonyl (C=O) groups is 2. The predicted molar refractivity (Wildman–Crippen MR) is 122 cm³/mol. The van der Waals surface area contributed by atoms with Crippen molar-refractivity contribution in [3.05, 3.63) is 48.9 Å². The van der Waals surface area contributed by atoms with Crippen LogP contribution in [0.1, 0.15) is 46.5 Å². The van der Waals surface area contributed by atoms with E-state index in [0.29, 0.717) is 38.5 Å². The van der Waals surface area contributed by atoms with Gasteiger partial charge in [0.2, 0.25) is 6.41 Å². The fraction of sp³-hybridized carbons (Fsp3) is 0.583. The van der Waals surface area contributed by atoms with Crippen LogP contribution in [-0.2, 0) is 23.8 Å². The summed E-state index contributed by atoms with van der Waals surface area (Å²) in [6, 6.07) is 0. The zero-order valence-electron chi connectivity index (χ0n) is 19.3. The van der Waals surface area contributed by atoms with Gasteiger partial charge in [-0.25, -0.2) is 0 Å².